The maximum Gasteiger partial charge on any atom is 0.315 e. The van der Waals surface area contributed by atoms with Crippen LogP contribution in [0.3, 0.4) is 0 Å². The first-order chi connectivity index (χ1) is 13.0. The normalized spacial score (nSPS) is 11.6. The molecule has 1 aromatic heterocycles. The largest absolute Gasteiger partial charge is 0.497 e. The summed E-state index contributed by atoms with van der Waals surface area (Å²) in [6, 6.07) is 5.37. The van der Waals surface area contributed by atoms with Gasteiger partial charge in [-0.3, -0.25) is 14.9 Å². The van der Waals surface area contributed by atoms with Crippen molar-refractivity contribution in [2.75, 3.05) is 32.4 Å². The number of aromatic nitrogens is 2. The molecule has 1 N–H and O–H groups in total. The first-order valence-electron chi connectivity index (χ1n) is 8.07. The molecule has 8 nitrogen and oxygen atoms in total. The molecule has 1 amide bonds. The Morgan fingerprint density at radius 1 is 1.22 bits per heavy atom. The van der Waals surface area contributed by atoms with Gasteiger partial charge in [-0.2, -0.15) is 0 Å². The molecule has 1 atom stereocenters. The molecule has 27 heavy (non-hydrogen) atoms. The Morgan fingerprint density at radius 2 is 2.00 bits per heavy atom. The van der Waals surface area contributed by atoms with Crippen LogP contribution in [0, 0.1) is 0 Å². The van der Waals surface area contributed by atoms with Crippen LogP contribution in [0.5, 0.6) is 11.5 Å². The molecule has 0 radical (unpaired) electrons. The number of nitrogens with one attached hydrogen (secondary N) is 1. The number of carbonyl (C=O) groups is 2. The molecule has 0 aliphatic carbocycles. The van der Waals surface area contributed by atoms with Crippen molar-refractivity contribution in [1.82, 2.24) is 10.2 Å². The summed E-state index contributed by atoms with van der Waals surface area (Å²) in [6.45, 7) is 1.88. The summed E-state index contributed by atoms with van der Waals surface area (Å²) in [4.78, 5) is 23.7. The summed E-state index contributed by atoms with van der Waals surface area (Å²) in [5.41, 5.74) is 0.724. The van der Waals surface area contributed by atoms with E-state index in [1.165, 1.54) is 30.2 Å². The van der Waals surface area contributed by atoms with Crippen LogP contribution in [0.25, 0.3) is 10.6 Å². The second-order valence-electron chi connectivity index (χ2n) is 5.25. The van der Waals surface area contributed by atoms with Gasteiger partial charge in [0.15, 0.2) is 5.01 Å². The van der Waals surface area contributed by atoms with E-state index in [4.69, 9.17) is 9.47 Å². The number of carbonyl (C=O) groups excluding carboxylic acids is 2. The van der Waals surface area contributed by atoms with Crippen LogP contribution in [0.2, 0.25) is 0 Å². The minimum absolute atomic E-state index is 0.116. The fourth-order valence-electron chi connectivity index (χ4n) is 2.16. The number of rotatable bonds is 9. The van der Waals surface area contributed by atoms with Gasteiger partial charge in [0.2, 0.25) is 11.0 Å². The average Bonchev–Trinajstić information content (AvgIpc) is 3.15. The number of hydrogen-bond donors (Lipinski definition) is 1. The van der Waals surface area contributed by atoms with Crippen LogP contribution in [0.15, 0.2) is 18.2 Å². The first-order valence-corrected chi connectivity index (χ1v) is 9.94. The maximum atomic E-state index is 12.4. The molecule has 1 aromatic carbocycles. The minimum Gasteiger partial charge on any atom is -0.497 e. The monoisotopic (exact) mass is 411 g/mol. The Balaban J connectivity index is 2.11. The standard InChI is InChI=1S/C17H21N3O5S2/c1-5-13(26-9-14(21)25-4)15(22)18-17-20-19-16(27-17)11-8-10(23-2)6-7-12(11)24-3/h6-8,13H,5,9H2,1-4H3,(H,18,20,22)/t13-/m1/s1. The smallest absolute Gasteiger partial charge is 0.315 e. The Labute approximate surface area is 165 Å². The van der Waals surface area contributed by atoms with Crippen molar-refractivity contribution >= 4 is 40.1 Å². The molecule has 2 aromatic rings. The van der Waals surface area contributed by atoms with Gasteiger partial charge in [0.25, 0.3) is 0 Å². The Kier molecular flexibility index (Phi) is 7.86. The van der Waals surface area contributed by atoms with Crippen molar-refractivity contribution < 1.29 is 23.8 Å². The number of anilines is 1. The highest BCUT2D eigenvalue weighted by molar-refractivity contribution is 8.01. The number of ether oxygens (including phenoxy) is 3. The zero-order chi connectivity index (χ0) is 19.8. The lowest BCUT2D eigenvalue weighted by molar-refractivity contribution is -0.137. The van der Waals surface area contributed by atoms with E-state index in [1.807, 2.05) is 6.92 Å². The van der Waals surface area contributed by atoms with Crippen molar-refractivity contribution in [2.24, 2.45) is 0 Å². The average molecular weight is 412 g/mol. The number of thioether (sulfide) groups is 1. The van der Waals surface area contributed by atoms with Gasteiger partial charge in [0.05, 0.1) is 37.9 Å². The van der Waals surface area contributed by atoms with Gasteiger partial charge in [-0.25, -0.2) is 0 Å². The highest BCUT2D eigenvalue weighted by Gasteiger charge is 2.21. The quantitative estimate of drug-likeness (QED) is 0.629. The molecule has 0 aliphatic heterocycles. The summed E-state index contributed by atoms with van der Waals surface area (Å²) < 4.78 is 15.2. The predicted octanol–water partition coefficient (Wildman–Crippen LogP) is 2.85. The van der Waals surface area contributed by atoms with Gasteiger partial charge in [-0.15, -0.1) is 22.0 Å². The molecule has 0 spiro atoms. The van der Waals surface area contributed by atoms with Crippen LogP contribution in [-0.2, 0) is 14.3 Å². The summed E-state index contributed by atoms with van der Waals surface area (Å²) in [5, 5.41) is 11.5. The zero-order valence-electron chi connectivity index (χ0n) is 15.5. The maximum absolute atomic E-state index is 12.4. The molecule has 1 heterocycles. The van der Waals surface area contributed by atoms with Crippen molar-refractivity contribution in [1.29, 1.82) is 0 Å². The molecule has 146 valence electrons. The zero-order valence-corrected chi connectivity index (χ0v) is 17.1. The minimum atomic E-state index is -0.386. The number of amides is 1. The SMILES string of the molecule is CC[C@@H](SCC(=O)OC)C(=O)Nc1nnc(-c2cc(OC)ccc2OC)s1. The number of benzene rings is 1. The topological polar surface area (TPSA) is 99.6 Å². The van der Waals surface area contributed by atoms with Gasteiger partial charge in [0, 0.05) is 0 Å². The van der Waals surface area contributed by atoms with Crippen LogP contribution < -0.4 is 14.8 Å². The number of esters is 1. The van der Waals surface area contributed by atoms with Crippen LogP contribution in [-0.4, -0.2) is 54.4 Å². The number of hydrogen-bond acceptors (Lipinski definition) is 9. The fourth-order valence-corrected chi connectivity index (χ4v) is 3.82. The lowest BCUT2D eigenvalue weighted by Gasteiger charge is -2.12. The second-order valence-corrected chi connectivity index (χ2v) is 7.42. The van der Waals surface area contributed by atoms with Gasteiger partial charge in [0.1, 0.15) is 11.5 Å². The summed E-state index contributed by atoms with van der Waals surface area (Å²) in [5.74, 6) is 0.813. The van der Waals surface area contributed by atoms with Gasteiger partial charge >= 0.3 is 5.97 Å². The van der Waals surface area contributed by atoms with E-state index < -0.39 is 0 Å². The molecule has 0 saturated carbocycles. The van der Waals surface area contributed by atoms with Crippen molar-refractivity contribution in [3.63, 3.8) is 0 Å². The third-order valence-electron chi connectivity index (χ3n) is 3.59. The second kappa shape index (κ2) is 10.1. The van der Waals surface area contributed by atoms with E-state index in [9.17, 15) is 9.59 Å². The molecule has 0 fully saturated rings. The van der Waals surface area contributed by atoms with Gasteiger partial charge < -0.3 is 14.2 Å². The van der Waals surface area contributed by atoms with Gasteiger partial charge in [-0.1, -0.05) is 18.3 Å². The van der Waals surface area contributed by atoms with Crippen molar-refractivity contribution in [3.8, 4) is 22.1 Å². The molecule has 0 bridgehead atoms. The van der Waals surface area contributed by atoms with E-state index in [2.05, 4.69) is 20.3 Å². The highest BCUT2D eigenvalue weighted by atomic mass is 32.2. The van der Waals surface area contributed by atoms with E-state index in [1.54, 1.807) is 32.4 Å². The third kappa shape index (κ3) is 5.57. The highest BCUT2D eigenvalue weighted by Crippen LogP contribution is 2.36. The molecule has 0 unspecified atom stereocenters. The fraction of sp³-hybridized carbons (Fsp3) is 0.412. The Bertz CT molecular complexity index is 797. The Hall–Kier alpha value is -2.33. The van der Waals surface area contributed by atoms with Crippen LogP contribution in [0.4, 0.5) is 5.13 Å². The van der Waals surface area contributed by atoms with Crippen molar-refractivity contribution in [2.45, 2.75) is 18.6 Å². The predicted molar refractivity (Wildman–Crippen MR) is 106 cm³/mol. The summed E-state index contributed by atoms with van der Waals surface area (Å²) in [7, 11) is 4.47. The molecule has 0 saturated heterocycles. The van der Waals surface area contributed by atoms with E-state index in [0.717, 1.165) is 5.56 Å². The van der Waals surface area contributed by atoms with E-state index >= 15 is 0 Å². The molecule has 10 heteroatoms. The van der Waals surface area contributed by atoms with Crippen molar-refractivity contribution in [3.05, 3.63) is 18.2 Å². The summed E-state index contributed by atoms with van der Waals surface area (Å²) in [6.07, 6.45) is 0.572. The number of methoxy groups -OCH3 is 3. The lowest BCUT2D eigenvalue weighted by Crippen LogP contribution is -2.25. The van der Waals surface area contributed by atoms with E-state index in [0.29, 0.717) is 28.1 Å². The third-order valence-corrected chi connectivity index (χ3v) is 5.81. The molecule has 0 aliphatic rings. The first kappa shape index (κ1) is 21.0. The number of nitrogens with zero attached hydrogens (tertiary/aromatic N) is 2. The van der Waals surface area contributed by atoms with Crippen LogP contribution in [0.1, 0.15) is 13.3 Å². The summed E-state index contributed by atoms with van der Waals surface area (Å²) >= 11 is 2.46. The van der Waals surface area contributed by atoms with Gasteiger partial charge in [-0.05, 0) is 24.6 Å². The van der Waals surface area contributed by atoms with Crippen LogP contribution >= 0.6 is 23.1 Å². The molecular weight excluding hydrogens is 390 g/mol. The Morgan fingerprint density at radius 3 is 2.63 bits per heavy atom. The lowest BCUT2D eigenvalue weighted by atomic mass is 10.2. The molecular formula is C17H21N3O5S2. The van der Waals surface area contributed by atoms with E-state index in [-0.39, 0.29) is 22.9 Å². The molecule has 2 rings (SSSR count).